The molecule has 0 bridgehead atoms. The molecule has 0 amide bonds. The molecule has 3 N–H and O–H groups in total. The van der Waals surface area contributed by atoms with Crippen LogP contribution in [-0.4, -0.2) is 47.3 Å². The van der Waals surface area contributed by atoms with Crippen LogP contribution in [0.3, 0.4) is 0 Å². The molecule has 0 aliphatic heterocycles. The van der Waals surface area contributed by atoms with Crippen molar-refractivity contribution < 1.29 is 9.84 Å². The summed E-state index contributed by atoms with van der Waals surface area (Å²) in [5.74, 6) is 1.42. The predicted molar refractivity (Wildman–Crippen MR) is 88.6 cm³/mol. The first-order valence-corrected chi connectivity index (χ1v) is 7.79. The number of aliphatic hydroxyl groups excluding tert-OH is 1. The lowest BCUT2D eigenvalue weighted by Gasteiger charge is -2.27. The summed E-state index contributed by atoms with van der Waals surface area (Å²) in [6, 6.07) is 7.89. The number of thiocarbonyl (C=S) groups is 1. The highest BCUT2D eigenvalue weighted by atomic mass is 32.1. The summed E-state index contributed by atoms with van der Waals surface area (Å²) in [6.07, 6.45) is 2.08. The molecule has 4 nitrogen and oxygen atoms in total. The summed E-state index contributed by atoms with van der Waals surface area (Å²) in [5.41, 5.74) is 6.37. The summed E-state index contributed by atoms with van der Waals surface area (Å²) in [7, 11) is 2.05. The number of ether oxygens (including phenoxy) is 1. The Labute approximate surface area is 131 Å². The Morgan fingerprint density at radius 3 is 2.76 bits per heavy atom. The second-order valence-corrected chi connectivity index (χ2v) is 6.28. The molecule has 0 aromatic heterocycles. The number of nitrogens with two attached hydrogens (primary N) is 1. The minimum absolute atomic E-state index is 0.237. The molecule has 2 rings (SSSR count). The van der Waals surface area contributed by atoms with Crippen molar-refractivity contribution in [1.82, 2.24) is 4.90 Å². The van der Waals surface area contributed by atoms with Gasteiger partial charge in [0.15, 0.2) is 0 Å². The van der Waals surface area contributed by atoms with Crippen LogP contribution >= 0.6 is 12.2 Å². The maximum absolute atomic E-state index is 10.1. The van der Waals surface area contributed by atoms with Crippen LogP contribution in [0.5, 0.6) is 5.75 Å². The molecule has 1 aromatic rings. The third-order valence-electron chi connectivity index (χ3n) is 4.08. The van der Waals surface area contributed by atoms with Gasteiger partial charge in [0.2, 0.25) is 0 Å². The van der Waals surface area contributed by atoms with Crippen LogP contribution in [0.1, 0.15) is 25.3 Å². The first-order valence-electron chi connectivity index (χ1n) is 7.39. The van der Waals surface area contributed by atoms with E-state index in [1.807, 2.05) is 24.3 Å². The highest BCUT2D eigenvalue weighted by molar-refractivity contribution is 7.80. The number of aliphatic hydroxyl groups is 1. The predicted octanol–water partition coefficient (Wildman–Crippen LogP) is 1.79. The zero-order valence-corrected chi connectivity index (χ0v) is 13.5. The Morgan fingerprint density at radius 2 is 2.14 bits per heavy atom. The fourth-order valence-electron chi connectivity index (χ4n) is 2.47. The van der Waals surface area contributed by atoms with Crippen LogP contribution < -0.4 is 10.5 Å². The van der Waals surface area contributed by atoms with Crippen molar-refractivity contribution in [3.63, 3.8) is 0 Å². The van der Waals surface area contributed by atoms with Crippen molar-refractivity contribution in [1.29, 1.82) is 0 Å². The molecule has 0 heterocycles. The van der Waals surface area contributed by atoms with E-state index < -0.39 is 6.10 Å². The molecule has 2 unspecified atom stereocenters. The number of hydrogen-bond donors (Lipinski definition) is 2. The molecule has 1 aliphatic carbocycles. The van der Waals surface area contributed by atoms with Gasteiger partial charge in [-0.25, -0.2) is 0 Å². The van der Waals surface area contributed by atoms with Gasteiger partial charge in [0.05, 0.1) is 5.56 Å². The lowest BCUT2D eigenvalue weighted by molar-refractivity contribution is 0.0622. The zero-order valence-electron chi connectivity index (χ0n) is 12.7. The van der Waals surface area contributed by atoms with E-state index in [4.69, 9.17) is 22.7 Å². The first kappa shape index (κ1) is 16.2. The molecule has 0 saturated heterocycles. The second-order valence-electron chi connectivity index (χ2n) is 5.84. The molecule has 0 radical (unpaired) electrons. The van der Waals surface area contributed by atoms with Gasteiger partial charge >= 0.3 is 0 Å². The molecule has 1 saturated carbocycles. The maximum Gasteiger partial charge on any atom is 0.129 e. The van der Waals surface area contributed by atoms with Crippen LogP contribution in [0, 0.1) is 5.92 Å². The topological polar surface area (TPSA) is 58.7 Å². The number of rotatable bonds is 8. The molecule has 5 heteroatoms. The van der Waals surface area contributed by atoms with E-state index in [1.165, 1.54) is 12.8 Å². The summed E-state index contributed by atoms with van der Waals surface area (Å²) in [5, 5.41) is 10.1. The Morgan fingerprint density at radius 1 is 1.48 bits per heavy atom. The van der Waals surface area contributed by atoms with Crippen molar-refractivity contribution in [3.8, 4) is 5.75 Å². The number of benzene rings is 1. The largest absolute Gasteiger partial charge is 0.490 e. The van der Waals surface area contributed by atoms with Crippen molar-refractivity contribution in [3.05, 3.63) is 29.8 Å². The van der Waals surface area contributed by atoms with E-state index in [0.717, 1.165) is 5.92 Å². The SMILES string of the molecule is CC(C1CC1)N(C)CC(O)COc1ccccc1C(N)=S. The highest BCUT2D eigenvalue weighted by Gasteiger charge is 2.31. The van der Waals surface area contributed by atoms with Crippen molar-refractivity contribution in [2.45, 2.75) is 31.9 Å². The van der Waals surface area contributed by atoms with Crippen LogP contribution in [0.4, 0.5) is 0 Å². The van der Waals surface area contributed by atoms with E-state index in [-0.39, 0.29) is 6.61 Å². The number of nitrogens with zero attached hydrogens (tertiary/aromatic N) is 1. The van der Waals surface area contributed by atoms with Gasteiger partial charge in [0.1, 0.15) is 23.4 Å². The van der Waals surface area contributed by atoms with Crippen molar-refractivity contribution in [2.24, 2.45) is 11.7 Å². The zero-order chi connectivity index (χ0) is 15.4. The maximum atomic E-state index is 10.1. The molecule has 2 atom stereocenters. The summed E-state index contributed by atoms with van der Waals surface area (Å²) >= 11 is 5.00. The standard InChI is InChI=1S/C16H24N2O2S/c1-11(12-7-8-12)18(2)9-13(19)10-20-15-6-4-3-5-14(15)16(17)21/h3-6,11-13,19H,7-10H2,1-2H3,(H2,17,21). The average Bonchev–Trinajstić information content (AvgIpc) is 3.29. The molecule has 1 aliphatic rings. The van der Waals surface area contributed by atoms with Crippen LogP contribution in [-0.2, 0) is 0 Å². The Kier molecular flexibility index (Phi) is 5.56. The monoisotopic (exact) mass is 308 g/mol. The van der Waals surface area contributed by atoms with E-state index in [9.17, 15) is 5.11 Å². The lowest BCUT2D eigenvalue weighted by atomic mass is 10.2. The van der Waals surface area contributed by atoms with Gasteiger partial charge in [-0.1, -0.05) is 24.4 Å². The highest BCUT2D eigenvalue weighted by Crippen LogP contribution is 2.34. The van der Waals surface area contributed by atoms with E-state index in [0.29, 0.717) is 28.9 Å². The van der Waals surface area contributed by atoms with Crippen molar-refractivity contribution in [2.75, 3.05) is 20.2 Å². The minimum Gasteiger partial charge on any atom is -0.490 e. The molecule has 1 aromatic carbocycles. The Balaban J connectivity index is 1.83. The van der Waals surface area contributed by atoms with Crippen molar-refractivity contribution >= 4 is 17.2 Å². The van der Waals surface area contributed by atoms with Gasteiger partial charge in [-0.3, -0.25) is 0 Å². The normalized spacial score (nSPS) is 17.5. The third-order valence-corrected chi connectivity index (χ3v) is 4.30. The summed E-state index contributed by atoms with van der Waals surface area (Å²) in [4.78, 5) is 2.50. The molecule has 1 fully saturated rings. The van der Waals surface area contributed by atoms with Crippen LogP contribution in [0.2, 0.25) is 0 Å². The first-order chi connectivity index (χ1) is 9.99. The van der Waals surface area contributed by atoms with Gasteiger partial charge in [0.25, 0.3) is 0 Å². The molecule has 0 spiro atoms. The minimum atomic E-state index is -0.532. The molecular formula is C16H24N2O2S. The molecule has 116 valence electrons. The van der Waals surface area contributed by atoms with Gasteiger partial charge in [-0.2, -0.15) is 0 Å². The van der Waals surface area contributed by atoms with Gasteiger partial charge < -0.3 is 20.5 Å². The third kappa shape index (κ3) is 4.66. The van der Waals surface area contributed by atoms with Gasteiger partial charge in [-0.15, -0.1) is 0 Å². The molecular weight excluding hydrogens is 284 g/mol. The number of hydrogen-bond acceptors (Lipinski definition) is 4. The number of likely N-dealkylation sites (N-methyl/N-ethyl adjacent to an activating group) is 1. The van der Waals surface area contributed by atoms with Gasteiger partial charge in [0, 0.05) is 12.6 Å². The second kappa shape index (κ2) is 7.20. The smallest absolute Gasteiger partial charge is 0.129 e. The summed E-state index contributed by atoms with van der Waals surface area (Å²) < 4.78 is 5.67. The van der Waals surface area contributed by atoms with Crippen LogP contribution in [0.25, 0.3) is 0 Å². The average molecular weight is 308 g/mol. The van der Waals surface area contributed by atoms with Crippen LogP contribution in [0.15, 0.2) is 24.3 Å². The Hall–Kier alpha value is -1.17. The quantitative estimate of drug-likeness (QED) is 0.717. The van der Waals surface area contributed by atoms with E-state index in [1.54, 1.807) is 0 Å². The lowest BCUT2D eigenvalue weighted by Crippen LogP contribution is -2.39. The Bertz CT molecular complexity index is 491. The fraction of sp³-hybridized carbons (Fsp3) is 0.562. The molecule has 21 heavy (non-hydrogen) atoms. The summed E-state index contributed by atoms with van der Waals surface area (Å²) in [6.45, 7) is 3.06. The van der Waals surface area contributed by atoms with E-state index in [2.05, 4.69) is 18.9 Å². The fourth-order valence-corrected chi connectivity index (χ4v) is 2.64. The van der Waals surface area contributed by atoms with E-state index >= 15 is 0 Å². The van der Waals surface area contributed by atoms with Gasteiger partial charge in [-0.05, 0) is 44.9 Å². The number of para-hydroxylation sites is 1.